The summed E-state index contributed by atoms with van der Waals surface area (Å²) in [5, 5.41) is 1.09. The molecule has 0 aliphatic carbocycles. The van der Waals surface area contributed by atoms with E-state index in [4.69, 9.17) is 21.1 Å². The topological polar surface area (TPSA) is 107 Å². The molecule has 3 aromatic carbocycles. The third-order valence-corrected chi connectivity index (χ3v) is 9.52. The Morgan fingerprint density at radius 2 is 1.73 bits per heavy atom. The minimum atomic E-state index is -4.03. The smallest absolute Gasteiger partial charge is 0.410 e. The zero-order valence-electron chi connectivity index (χ0n) is 24.8. The number of hydrogen-bond donors (Lipinski definition) is 1. The maximum Gasteiger partial charge on any atom is 0.410 e. The third-order valence-electron chi connectivity index (χ3n) is 7.78. The standard InChI is InChI=1S/C33H36ClN3O6S/c1-23-9-6-10-24(2)31(23)42-18-17-37-29-15-7-14-28(34)27(29)19-30(37)32(38)35-44(40,41)22-26-13-8-16-36(20-26)33(39)43-21-25-11-4-3-5-12-25/h3-7,9-12,14-15,19,26H,8,13,16-18,20-22H2,1-2H3,(H,35,38). The van der Waals surface area contributed by atoms with Crippen molar-refractivity contribution in [3.63, 3.8) is 0 Å². The number of aryl methyl sites for hydroxylation is 2. The van der Waals surface area contributed by atoms with Crippen molar-refractivity contribution in [2.45, 2.75) is 39.8 Å². The molecule has 1 atom stereocenters. The number of benzene rings is 3. The van der Waals surface area contributed by atoms with Gasteiger partial charge in [0.1, 0.15) is 24.7 Å². The molecular formula is C33H36ClN3O6S. The Morgan fingerprint density at radius 1 is 1.00 bits per heavy atom. The van der Waals surface area contributed by atoms with Gasteiger partial charge in [-0.3, -0.25) is 4.79 Å². The van der Waals surface area contributed by atoms with E-state index in [-0.39, 0.29) is 37.1 Å². The van der Waals surface area contributed by atoms with E-state index in [0.29, 0.717) is 41.9 Å². The Hall–Kier alpha value is -4.02. The number of para-hydroxylation sites is 1. The molecule has 1 unspecified atom stereocenters. The molecule has 1 aliphatic heterocycles. The fourth-order valence-electron chi connectivity index (χ4n) is 5.67. The summed E-state index contributed by atoms with van der Waals surface area (Å²) in [6.07, 6.45) is 0.773. The summed E-state index contributed by atoms with van der Waals surface area (Å²) in [6, 6.07) is 22.2. The number of aromatic nitrogens is 1. The first-order valence-electron chi connectivity index (χ1n) is 14.6. The number of sulfonamides is 1. The number of piperidine rings is 1. The molecule has 0 saturated carbocycles. The number of hydrogen-bond acceptors (Lipinski definition) is 6. The highest BCUT2D eigenvalue weighted by atomic mass is 35.5. The highest BCUT2D eigenvalue weighted by Gasteiger charge is 2.30. The Labute approximate surface area is 262 Å². The average Bonchev–Trinajstić information content (AvgIpc) is 3.37. The van der Waals surface area contributed by atoms with Gasteiger partial charge in [0.25, 0.3) is 5.91 Å². The quantitative estimate of drug-likeness (QED) is 0.225. The van der Waals surface area contributed by atoms with Gasteiger partial charge in [-0.25, -0.2) is 17.9 Å². The van der Waals surface area contributed by atoms with Gasteiger partial charge in [-0.15, -0.1) is 0 Å². The predicted octanol–water partition coefficient (Wildman–Crippen LogP) is 6.10. The van der Waals surface area contributed by atoms with Gasteiger partial charge in [-0.2, -0.15) is 0 Å². The minimum Gasteiger partial charge on any atom is -0.491 e. The molecule has 44 heavy (non-hydrogen) atoms. The summed E-state index contributed by atoms with van der Waals surface area (Å²) in [5.41, 5.74) is 3.73. The van der Waals surface area contributed by atoms with E-state index >= 15 is 0 Å². The Morgan fingerprint density at radius 3 is 2.48 bits per heavy atom. The molecule has 1 saturated heterocycles. The first-order chi connectivity index (χ1) is 21.1. The normalized spacial score (nSPS) is 15.2. The van der Waals surface area contributed by atoms with Crippen LogP contribution in [0.5, 0.6) is 5.75 Å². The summed E-state index contributed by atoms with van der Waals surface area (Å²) in [7, 11) is -4.03. The van der Waals surface area contributed by atoms with E-state index in [2.05, 4.69) is 4.72 Å². The highest BCUT2D eigenvalue weighted by Crippen LogP contribution is 2.28. The molecule has 1 aliphatic rings. The Balaban J connectivity index is 1.25. The lowest BCUT2D eigenvalue weighted by atomic mass is 10.0. The number of halogens is 1. The number of ether oxygens (including phenoxy) is 2. The van der Waals surface area contributed by atoms with Crippen molar-refractivity contribution in [1.29, 1.82) is 0 Å². The van der Waals surface area contributed by atoms with Gasteiger partial charge in [0, 0.05) is 23.5 Å². The Bertz CT molecular complexity index is 1740. The second-order valence-corrected chi connectivity index (χ2v) is 13.3. The van der Waals surface area contributed by atoms with Crippen LogP contribution in [-0.2, 0) is 27.9 Å². The van der Waals surface area contributed by atoms with Crippen LogP contribution in [0.1, 0.15) is 40.0 Å². The summed E-state index contributed by atoms with van der Waals surface area (Å²) in [6.45, 7) is 5.35. The van der Waals surface area contributed by atoms with Crippen LogP contribution in [0.3, 0.4) is 0 Å². The van der Waals surface area contributed by atoms with E-state index in [1.807, 2.05) is 68.4 Å². The molecule has 1 N–H and O–H groups in total. The average molecular weight is 638 g/mol. The van der Waals surface area contributed by atoms with Crippen LogP contribution in [0, 0.1) is 19.8 Å². The van der Waals surface area contributed by atoms with Crippen LogP contribution in [0.15, 0.2) is 72.8 Å². The molecule has 1 fully saturated rings. The van der Waals surface area contributed by atoms with Gasteiger partial charge in [-0.05, 0) is 67.5 Å². The van der Waals surface area contributed by atoms with Crippen molar-refractivity contribution < 1.29 is 27.5 Å². The molecule has 9 nitrogen and oxygen atoms in total. The van der Waals surface area contributed by atoms with Crippen LogP contribution in [-0.4, -0.2) is 55.3 Å². The molecule has 4 aromatic rings. The lowest BCUT2D eigenvalue weighted by Crippen LogP contribution is -2.44. The summed E-state index contributed by atoms with van der Waals surface area (Å²) in [4.78, 5) is 27.7. The van der Waals surface area contributed by atoms with Crippen LogP contribution < -0.4 is 9.46 Å². The number of likely N-dealkylation sites (tertiary alicyclic amines) is 1. The molecule has 1 aromatic heterocycles. The molecule has 11 heteroatoms. The minimum absolute atomic E-state index is 0.142. The lowest BCUT2D eigenvalue weighted by Gasteiger charge is -2.31. The van der Waals surface area contributed by atoms with Crippen LogP contribution in [0.2, 0.25) is 5.02 Å². The Kier molecular flexibility index (Phi) is 9.80. The lowest BCUT2D eigenvalue weighted by molar-refractivity contribution is 0.0811. The van der Waals surface area contributed by atoms with E-state index in [0.717, 1.165) is 22.4 Å². The summed E-state index contributed by atoms with van der Waals surface area (Å²) in [5.74, 6) is -0.609. The predicted molar refractivity (Wildman–Crippen MR) is 171 cm³/mol. The van der Waals surface area contributed by atoms with Gasteiger partial charge in [0.15, 0.2) is 0 Å². The van der Waals surface area contributed by atoms with Crippen LogP contribution in [0.4, 0.5) is 4.79 Å². The van der Waals surface area contributed by atoms with Crippen molar-refractivity contribution in [2.75, 3.05) is 25.4 Å². The molecule has 0 radical (unpaired) electrons. The van der Waals surface area contributed by atoms with Gasteiger partial charge in [0.2, 0.25) is 10.0 Å². The maximum absolute atomic E-state index is 13.5. The number of carbonyl (C=O) groups is 2. The van der Waals surface area contributed by atoms with Crippen molar-refractivity contribution >= 4 is 44.5 Å². The summed E-state index contributed by atoms with van der Waals surface area (Å²) >= 11 is 6.44. The van der Waals surface area contributed by atoms with E-state index in [1.165, 1.54) is 4.90 Å². The highest BCUT2D eigenvalue weighted by molar-refractivity contribution is 7.90. The van der Waals surface area contributed by atoms with Crippen molar-refractivity contribution in [1.82, 2.24) is 14.2 Å². The zero-order chi connectivity index (χ0) is 31.3. The zero-order valence-corrected chi connectivity index (χ0v) is 26.4. The molecule has 5 rings (SSSR count). The van der Waals surface area contributed by atoms with E-state index in [1.54, 1.807) is 22.8 Å². The number of amides is 2. The molecule has 0 bridgehead atoms. The van der Waals surface area contributed by atoms with Crippen molar-refractivity contribution in [3.05, 3.63) is 100 Å². The van der Waals surface area contributed by atoms with Crippen molar-refractivity contribution in [3.8, 4) is 5.75 Å². The monoisotopic (exact) mass is 637 g/mol. The SMILES string of the molecule is Cc1cccc(C)c1OCCn1c(C(=O)NS(=O)(=O)CC2CCCN(C(=O)OCc3ccccc3)C2)cc2c(Cl)cccc21. The fraction of sp³-hybridized carbons (Fsp3) is 0.333. The number of nitrogens with one attached hydrogen (secondary N) is 1. The van der Waals surface area contributed by atoms with E-state index < -0.39 is 22.0 Å². The van der Waals surface area contributed by atoms with Gasteiger partial charge >= 0.3 is 6.09 Å². The third kappa shape index (κ3) is 7.54. The summed E-state index contributed by atoms with van der Waals surface area (Å²) < 4.78 is 41.9. The van der Waals surface area contributed by atoms with Crippen LogP contribution >= 0.6 is 11.6 Å². The second kappa shape index (κ2) is 13.7. The van der Waals surface area contributed by atoms with Crippen LogP contribution in [0.25, 0.3) is 10.9 Å². The number of fused-ring (bicyclic) bond motifs is 1. The molecule has 0 spiro atoms. The number of rotatable bonds is 10. The molecule has 232 valence electrons. The van der Waals surface area contributed by atoms with Gasteiger partial charge in [-0.1, -0.05) is 66.2 Å². The largest absolute Gasteiger partial charge is 0.491 e. The first-order valence-corrected chi connectivity index (χ1v) is 16.6. The van der Waals surface area contributed by atoms with Crippen molar-refractivity contribution in [2.24, 2.45) is 5.92 Å². The molecular weight excluding hydrogens is 602 g/mol. The molecule has 2 heterocycles. The fourth-order valence-corrected chi connectivity index (χ4v) is 7.25. The first kappa shape index (κ1) is 31.4. The molecule has 2 amide bonds. The second-order valence-electron chi connectivity index (χ2n) is 11.1. The van der Waals surface area contributed by atoms with Gasteiger partial charge in [0.05, 0.1) is 17.8 Å². The number of nitrogens with zero attached hydrogens (tertiary/aromatic N) is 2. The van der Waals surface area contributed by atoms with E-state index in [9.17, 15) is 18.0 Å². The maximum atomic E-state index is 13.5. The number of carbonyl (C=O) groups excluding carboxylic acids is 2. The van der Waals surface area contributed by atoms with Gasteiger partial charge < -0.3 is 18.9 Å².